The average Bonchev–Trinajstić information content (AvgIpc) is 1.58. The third-order valence-electron chi connectivity index (χ3n) is 20.4. The smallest absolute Gasteiger partial charge is 0.405 e. The average molecular weight is 1970 g/mol. The summed E-state index contributed by atoms with van der Waals surface area (Å²) in [5.41, 5.74) is 15.5. The van der Waals surface area contributed by atoms with Gasteiger partial charge < -0.3 is 58.1 Å². The molecule has 0 saturated carbocycles. The first kappa shape index (κ1) is 95.9. The standard InChI is InChI=1S/C25H21F2N7O.C17H11BrF2N6.C14H22BNO3.C12H24B2O4.C8H10BrNO.C5H4BrNO.C3H7I/c1-14(2)33-13-16(7-10-21(33)35)22-23(15-5-8-17(26)9-6-15)31-25(28)34-24(22)30-20(32-34)12-19-18(27)4-3-11-29-19;18-14-15(9-3-5-10(19)6-4-9)24-17(21)26-16(14)23-13(25-26)8-12-11(20)2-1-7-22-12;1-10(2)16-9-11(7-8-12(16)17)15-18-13(3,4)14(5,6)19-15;1-9(2)10(3,4)16-13(15-9)14-17-11(5,6)12(7,8)18-14;1-6(2)10-5-7(9)3-4-8(10)11;6-4-1-2-5(8)7-3-4;1-3(2)4/h3-11,13-14H,12H2,1-2H3,(H2,28,31);1-7H,8H2,(H2,21,24);7-10H,1-6H3;1-8H3;3-6H,1-2H3;1-3H,(H,7,8);3H,1-2H3. The summed E-state index contributed by atoms with van der Waals surface area (Å²) in [4.78, 5) is 74.2. The summed E-state index contributed by atoms with van der Waals surface area (Å²) >= 11 is 12.3. The largest absolute Gasteiger partial charge is 0.496 e. The van der Waals surface area contributed by atoms with E-state index < -0.39 is 32.8 Å². The Morgan fingerprint density at radius 1 is 0.455 bits per heavy atom. The van der Waals surface area contributed by atoms with Crippen molar-refractivity contribution in [2.24, 2.45) is 0 Å². The molecule has 0 atom stereocenters. The predicted molar refractivity (Wildman–Crippen MR) is 485 cm³/mol. The fourth-order valence-corrected chi connectivity index (χ4v) is 12.9. The predicted octanol–water partition coefficient (Wildman–Crippen LogP) is 16.6. The molecule has 0 radical (unpaired) electrons. The van der Waals surface area contributed by atoms with Gasteiger partial charge in [0.25, 0.3) is 16.7 Å². The molecule has 640 valence electrons. The number of alkyl halides is 1. The fraction of sp³-hybridized carbons (Fsp3) is 0.381. The van der Waals surface area contributed by atoms with Gasteiger partial charge in [-0.05, 0) is 269 Å². The van der Waals surface area contributed by atoms with Crippen molar-refractivity contribution in [1.29, 1.82) is 0 Å². The molecule has 0 amide bonds. The number of hydrogen-bond acceptors (Lipinski definition) is 20. The zero-order valence-electron chi connectivity index (χ0n) is 71.0. The molecule has 121 heavy (non-hydrogen) atoms. The number of H-pyrrole nitrogens is 1. The second kappa shape index (κ2) is 39.7. The number of nitrogen functional groups attached to an aromatic ring is 2. The number of anilines is 2. The van der Waals surface area contributed by atoms with E-state index in [2.05, 4.69) is 129 Å². The first-order chi connectivity index (χ1) is 56.5. The summed E-state index contributed by atoms with van der Waals surface area (Å²) in [6.45, 7) is 40.3. The van der Waals surface area contributed by atoms with Gasteiger partial charge >= 0.3 is 21.1 Å². The number of aromatic amines is 1. The molecule has 0 bridgehead atoms. The van der Waals surface area contributed by atoms with Crippen LogP contribution in [-0.2, 0) is 40.8 Å². The summed E-state index contributed by atoms with van der Waals surface area (Å²) in [5, 5.41) is 8.72. The summed E-state index contributed by atoms with van der Waals surface area (Å²) < 4.78 is 102. The van der Waals surface area contributed by atoms with Crippen LogP contribution in [0.25, 0.3) is 44.9 Å². The minimum Gasteiger partial charge on any atom is -0.405 e. The molecule has 15 rings (SSSR count). The third-order valence-corrected chi connectivity index (χ3v) is 22.1. The Labute approximate surface area is 739 Å². The molecule has 3 saturated heterocycles. The minimum absolute atomic E-state index is 0.00438. The Morgan fingerprint density at radius 2 is 0.826 bits per heavy atom. The number of rotatable bonds is 12. The molecular formula is C84H99B3Br3F4IN16O10. The Bertz CT molecular complexity index is 5770. The molecule has 3 aliphatic rings. The summed E-state index contributed by atoms with van der Waals surface area (Å²) in [6, 6.07) is 30.6. The molecule has 0 spiro atoms. The highest BCUT2D eigenvalue weighted by Gasteiger charge is 2.64. The molecule has 5 N–H and O–H groups in total. The highest BCUT2D eigenvalue weighted by molar-refractivity contribution is 14.1. The molecule has 0 aliphatic carbocycles. The summed E-state index contributed by atoms with van der Waals surface area (Å²) in [6.07, 6.45) is 10.1. The van der Waals surface area contributed by atoms with Gasteiger partial charge in [0.1, 0.15) is 23.3 Å². The topological polar surface area (TPSA) is 318 Å². The maximum absolute atomic E-state index is 14.2. The van der Waals surface area contributed by atoms with Gasteiger partial charge in [0.05, 0.1) is 79.3 Å². The lowest BCUT2D eigenvalue weighted by Gasteiger charge is -2.32. The number of pyridine rings is 6. The molecule has 3 fully saturated rings. The zero-order chi connectivity index (χ0) is 89.3. The number of nitrogens with zero attached hydrogens (tertiary/aromatic N) is 13. The zero-order valence-corrected chi connectivity index (χ0v) is 78.0. The molecule has 37 heteroatoms. The minimum atomic E-state index is -0.476. The number of aromatic nitrogens is 14. The molecule has 12 aromatic rings. The van der Waals surface area contributed by atoms with Crippen LogP contribution in [-0.4, -0.2) is 126 Å². The second-order valence-corrected chi connectivity index (χ2v) is 37.7. The van der Waals surface area contributed by atoms with Crippen LogP contribution in [0.15, 0.2) is 191 Å². The van der Waals surface area contributed by atoms with Crippen molar-refractivity contribution in [2.75, 3.05) is 11.5 Å². The van der Waals surface area contributed by atoms with Gasteiger partial charge in [-0.15, -0.1) is 10.2 Å². The van der Waals surface area contributed by atoms with Crippen LogP contribution < -0.4 is 39.2 Å². The maximum atomic E-state index is 14.2. The van der Waals surface area contributed by atoms with Crippen LogP contribution in [0.3, 0.4) is 0 Å². The van der Waals surface area contributed by atoms with Crippen molar-refractivity contribution in [1.82, 2.24) is 67.8 Å². The van der Waals surface area contributed by atoms with E-state index in [1.54, 1.807) is 93.0 Å². The maximum Gasteiger partial charge on any atom is 0.496 e. The van der Waals surface area contributed by atoms with Crippen molar-refractivity contribution >= 4 is 120 Å². The SMILES string of the molecule is CC(C)I.CC(C)n1cc(-c2c(-c3ccc(F)cc3)nc(N)n3nc(Cc4ncccc4F)nc23)ccc1=O.CC(C)n1cc(B2OC(C)(C)C(C)(C)O2)ccc1=O.CC(C)n1cc(Br)ccc1=O.CC1(C)OB(B2OC(C)(C)C(C)(C)O2)OC1(C)C.Nc1nc(-c2ccc(F)cc2)c(Br)c2nc(Cc3ncccc3F)nn12.O=c1ccc(Br)c[nH]1. The molecule has 26 nitrogen and oxygen atoms in total. The van der Waals surface area contributed by atoms with Gasteiger partial charge in [-0.1, -0.05) is 42.5 Å². The fourth-order valence-electron chi connectivity index (χ4n) is 11.8. The lowest BCUT2D eigenvalue weighted by atomic mass is 9.49. The molecule has 0 unspecified atom stereocenters. The van der Waals surface area contributed by atoms with E-state index in [-0.39, 0.29) is 122 Å². The normalized spacial score (nSPS) is 15.7. The van der Waals surface area contributed by atoms with Crippen LogP contribution in [0.4, 0.5) is 29.5 Å². The number of benzene rings is 2. The van der Waals surface area contributed by atoms with Crippen LogP contribution in [0.1, 0.15) is 180 Å². The van der Waals surface area contributed by atoms with E-state index in [4.69, 9.17) is 39.4 Å². The Kier molecular flexibility index (Phi) is 31.5. The highest BCUT2D eigenvalue weighted by atomic mass is 127. The first-order valence-electron chi connectivity index (χ1n) is 38.8. The van der Waals surface area contributed by atoms with Crippen molar-refractivity contribution < 1.29 is 45.5 Å². The van der Waals surface area contributed by atoms with Crippen LogP contribution in [0.2, 0.25) is 0 Å². The van der Waals surface area contributed by atoms with Crippen LogP contribution in [0.5, 0.6) is 0 Å². The number of nitrogens with one attached hydrogen (secondary N) is 1. The Morgan fingerprint density at radius 3 is 1.24 bits per heavy atom. The van der Waals surface area contributed by atoms with E-state index >= 15 is 0 Å². The van der Waals surface area contributed by atoms with Gasteiger partial charge in [-0.25, -0.2) is 37.5 Å². The van der Waals surface area contributed by atoms with Crippen LogP contribution in [0, 0.1) is 23.3 Å². The quantitative estimate of drug-likeness (QED) is 0.0443. The van der Waals surface area contributed by atoms with Crippen molar-refractivity contribution in [3.05, 3.63) is 260 Å². The van der Waals surface area contributed by atoms with Gasteiger partial charge in [0.2, 0.25) is 17.5 Å². The second-order valence-electron chi connectivity index (χ2n) is 32.6. The number of halogens is 8. The summed E-state index contributed by atoms with van der Waals surface area (Å²) in [7, 11) is -1.37. The Hall–Kier alpha value is -8.92. The van der Waals surface area contributed by atoms with Crippen molar-refractivity contribution in [2.45, 2.75) is 207 Å². The monoisotopic (exact) mass is 1960 g/mol. The van der Waals surface area contributed by atoms with E-state index in [9.17, 15) is 36.7 Å². The van der Waals surface area contributed by atoms with Crippen molar-refractivity contribution in [3.8, 4) is 33.6 Å². The molecule has 13 heterocycles. The van der Waals surface area contributed by atoms with Gasteiger partial charge in [-0.3, -0.25) is 29.1 Å². The number of hydrogen-bond donors (Lipinski definition) is 3. The van der Waals surface area contributed by atoms with Crippen LogP contribution >= 0.6 is 70.4 Å². The Balaban J connectivity index is 0.000000172. The molecule has 3 aliphatic heterocycles. The molecular weight excluding hydrogens is 1870 g/mol. The lowest BCUT2D eigenvalue weighted by molar-refractivity contribution is 0.00578. The third kappa shape index (κ3) is 23.9. The summed E-state index contributed by atoms with van der Waals surface area (Å²) in [5.74, 6) is -0.805. The number of nitrogens with two attached hydrogens (primary N) is 2. The van der Waals surface area contributed by atoms with Gasteiger partial charge in [0, 0.05) is 109 Å². The molecule has 10 aromatic heterocycles. The van der Waals surface area contributed by atoms with Gasteiger partial charge in [0.15, 0.2) is 22.9 Å². The van der Waals surface area contributed by atoms with Crippen molar-refractivity contribution in [3.63, 3.8) is 0 Å². The van der Waals surface area contributed by atoms with Gasteiger partial charge in [-0.2, -0.15) is 9.03 Å². The molecule has 2 aromatic carbocycles. The lowest BCUT2D eigenvalue weighted by Crippen LogP contribution is -2.41. The number of fused-ring (bicyclic) bond motifs is 2. The van der Waals surface area contributed by atoms with E-state index in [0.717, 1.165) is 18.3 Å². The first-order valence-corrected chi connectivity index (χ1v) is 42.5. The highest BCUT2D eigenvalue weighted by Crippen LogP contribution is 2.44. The van der Waals surface area contributed by atoms with E-state index in [1.807, 2.05) is 131 Å². The van der Waals surface area contributed by atoms with E-state index in [0.29, 0.717) is 61.1 Å². The van der Waals surface area contributed by atoms with E-state index in [1.165, 1.54) is 82.1 Å².